The van der Waals surface area contributed by atoms with E-state index in [9.17, 15) is 22.8 Å². The van der Waals surface area contributed by atoms with Gasteiger partial charge in [-0.2, -0.15) is 13.2 Å². The van der Waals surface area contributed by atoms with Gasteiger partial charge in [-0.1, -0.05) is 6.42 Å². The summed E-state index contributed by atoms with van der Waals surface area (Å²) < 4.78 is 37.0. The molecule has 2 N–H and O–H groups in total. The Morgan fingerprint density at radius 3 is 2.38 bits per heavy atom. The average Bonchev–Trinajstić information content (AvgIpc) is 2.36. The van der Waals surface area contributed by atoms with Gasteiger partial charge < -0.3 is 10.4 Å². The minimum Gasteiger partial charge on any atom is -0.481 e. The molecule has 114 valence electrons. The molecule has 0 saturated heterocycles. The molecule has 1 aliphatic rings. The van der Waals surface area contributed by atoms with Gasteiger partial charge in [-0.3, -0.25) is 14.6 Å². The highest BCUT2D eigenvalue weighted by atomic mass is 19.4. The van der Waals surface area contributed by atoms with E-state index in [1.807, 2.05) is 0 Å². The molecule has 0 atom stereocenters. The third-order valence-electron chi connectivity index (χ3n) is 3.67. The first-order chi connectivity index (χ1) is 9.74. The van der Waals surface area contributed by atoms with E-state index < -0.39 is 29.2 Å². The van der Waals surface area contributed by atoms with Crippen molar-refractivity contribution in [3.63, 3.8) is 0 Å². The highest BCUT2D eigenvalue weighted by molar-refractivity contribution is 5.94. The Labute approximate surface area is 118 Å². The fourth-order valence-electron chi connectivity index (χ4n) is 2.12. The van der Waals surface area contributed by atoms with Gasteiger partial charge in [0.05, 0.1) is 11.0 Å². The standard InChI is InChI=1S/C13H13F3N2O3/c14-13(15,16)9-3-2-8(6-17-9)10(19)18-7-12(11(20)21)4-1-5-12/h2-3,6H,1,4-5,7H2,(H,18,19)(H,20,21). The van der Waals surface area contributed by atoms with Gasteiger partial charge in [0, 0.05) is 12.7 Å². The maximum Gasteiger partial charge on any atom is 0.433 e. The summed E-state index contributed by atoms with van der Waals surface area (Å²) in [6.45, 7) is -0.0395. The zero-order chi connectivity index (χ0) is 15.7. The van der Waals surface area contributed by atoms with E-state index in [-0.39, 0.29) is 12.1 Å². The molecule has 0 spiro atoms. The van der Waals surface area contributed by atoms with Crippen LogP contribution in [0.15, 0.2) is 18.3 Å². The van der Waals surface area contributed by atoms with Crippen molar-refractivity contribution < 1.29 is 27.9 Å². The van der Waals surface area contributed by atoms with Gasteiger partial charge in [0.15, 0.2) is 0 Å². The zero-order valence-corrected chi connectivity index (χ0v) is 10.9. The normalized spacial score (nSPS) is 16.9. The summed E-state index contributed by atoms with van der Waals surface area (Å²) in [7, 11) is 0. The van der Waals surface area contributed by atoms with Crippen LogP contribution in [0.2, 0.25) is 0 Å². The minimum atomic E-state index is -4.56. The number of aromatic nitrogens is 1. The number of hydrogen-bond acceptors (Lipinski definition) is 3. The number of amides is 1. The first-order valence-corrected chi connectivity index (χ1v) is 6.29. The number of carbonyl (C=O) groups is 2. The van der Waals surface area contributed by atoms with Gasteiger partial charge in [-0.05, 0) is 25.0 Å². The Morgan fingerprint density at radius 2 is 2.00 bits per heavy atom. The van der Waals surface area contributed by atoms with Crippen molar-refractivity contribution in [2.75, 3.05) is 6.54 Å². The Bertz CT molecular complexity index is 551. The highest BCUT2D eigenvalue weighted by Gasteiger charge is 2.44. The van der Waals surface area contributed by atoms with Crippen LogP contribution in [0.3, 0.4) is 0 Å². The first kappa shape index (κ1) is 15.3. The van der Waals surface area contributed by atoms with Gasteiger partial charge in [0.1, 0.15) is 5.69 Å². The van der Waals surface area contributed by atoms with Gasteiger partial charge in [-0.15, -0.1) is 0 Å². The summed E-state index contributed by atoms with van der Waals surface area (Å²) >= 11 is 0. The number of alkyl halides is 3. The minimum absolute atomic E-state index is 0.0390. The smallest absolute Gasteiger partial charge is 0.433 e. The molecule has 1 aromatic heterocycles. The predicted octanol–water partition coefficient (Wildman–Crippen LogP) is 2.09. The summed E-state index contributed by atoms with van der Waals surface area (Å²) in [5, 5.41) is 11.5. The predicted molar refractivity (Wildman–Crippen MR) is 65.5 cm³/mol. The number of rotatable bonds is 4. The van der Waals surface area contributed by atoms with Crippen molar-refractivity contribution in [3.05, 3.63) is 29.6 Å². The van der Waals surface area contributed by atoms with Gasteiger partial charge in [-0.25, -0.2) is 0 Å². The number of nitrogens with zero attached hydrogens (tertiary/aromatic N) is 1. The molecule has 0 bridgehead atoms. The van der Waals surface area contributed by atoms with Crippen LogP contribution in [0.5, 0.6) is 0 Å². The van der Waals surface area contributed by atoms with E-state index >= 15 is 0 Å². The van der Waals surface area contributed by atoms with Crippen LogP contribution < -0.4 is 5.32 Å². The second kappa shape index (κ2) is 5.34. The molecule has 1 saturated carbocycles. The number of hydrogen-bond donors (Lipinski definition) is 2. The average molecular weight is 302 g/mol. The van der Waals surface area contributed by atoms with E-state index in [1.165, 1.54) is 0 Å². The number of pyridine rings is 1. The number of nitrogens with one attached hydrogen (secondary N) is 1. The molecule has 0 radical (unpaired) electrons. The van der Waals surface area contributed by atoms with Crippen LogP contribution >= 0.6 is 0 Å². The lowest BCUT2D eigenvalue weighted by Gasteiger charge is -2.37. The molecule has 1 aliphatic carbocycles. The molecular formula is C13H13F3N2O3. The van der Waals surface area contributed by atoms with Crippen molar-refractivity contribution in [1.82, 2.24) is 10.3 Å². The Balaban J connectivity index is 1.99. The van der Waals surface area contributed by atoms with E-state index in [0.29, 0.717) is 18.9 Å². The van der Waals surface area contributed by atoms with Crippen molar-refractivity contribution >= 4 is 11.9 Å². The quantitative estimate of drug-likeness (QED) is 0.892. The molecule has 21 heavy (non-hydrogen) atoms. The molecule has 1 amide bonds. The van der Waals surface area contributed by atoms with Crippen LogP contribution in [0.25, 0.3) is 0 Å². The second-order valence-corrected chi connectivity index (χ2v) is 5.05. The lowest BCUT2D eigenvalue weighted by atomic mass is 9.69. The van der Waals surface area contributed by atoms with Gasteiger partial charge in [0.2, 0.25) is 0 Å². The van der Waals surface area contributed by atoms with Crippen molar-refractivity contribution in [1.29, 1.82) is 0 Å². The molecule has 8 heteroatoms. The Morgan fingerprint density at radius 1 is 1.33 bits per heavy atom. The van der Waals surface area contributed by atoms with Crippen LogP contribution in [0.1, 0.15) is 35.3 Å². The Hall–Kier alpha value is -2.12. The molecule has 5 nitrogen and oxygen atoms in total. The maximum atomic E-state index is 12.3. The fraction of sp³-hybridized carbons (Fsp3) is 0.462. The van der Waals surface area contributed by atoms with Crippen LogP contribution in [0, 0.1) is 5.41 Å². The lowest BCUT2D eigenvalue weighted by Crippen LogP contribution is -2.47. The van der Waals surface area contributed by atoms with Gasteiger partial charge in [0.25, 0.3) is 5.91 Å². The Kier molecular flexibility index (Phi) is 3.89. The number of carbonyl (C=O) groups excluding carboxylic acids is 1. The summed E-state index contributed by atoms with van der Waals surface area (Å²) in [5.41, 5.74) is -2.07. The van der Waals surface area contributed by atoms with E-state index in [1.54, 1.807) is 0 Å². The fourth-order valence-corrected chi connectivity index (χ4v) is 2.12. The molecule has 1 fully saturated rings. The van der Waals surface area contributed by atoms with Crippen LogP contribution in [-0.4, -0.2) is 28.5 Å². The van der Waals surface area contributed by atoms with Crippen molar-refractivity contribution in [3.8, 4) is 0 Å². The van der Waals surface area contributed by atoms with E-state index in [4.69, 9.17) is 5.11 Å². The highest BCUT2D eigenvalue weighted by Crippen LogP contribution is 2.40. The third-order valence-corrected chi connectivity index (χ3v) is 3.67. The number of aliphatic carboxylic acids is 1. The molecule has 1 heterocycles. The molecule has 0 aromatic carbocycles. The largest absolute Gasteiger partial charge is 0.481 e. The summed E-state index contributed by atoms with van der Waals surface area (Å²) in [6.07, 6.45) is -1.99. The maximum absolute atomic E-state index is 12.3. The second-order valence-electron chi connectivity index (χ2n) is 5.05. The number of carboxylic acids is 1. The molecule has 0 aliphatic heterocycles. The zero-order valence-electron chi connectivity index (χ0n) is 10.9. The van der Waals surface area contributed by atoms with E-state index in [2.05, 4.69) is 10.3 Å². The van der Waals surface area contributed by atoms with E-state index in [0.717, 1.165) is 18.7 Å². The van der Waals surface area contributed by atoms with Crippen LogP contribution in [-0.2, 0) is 11.0 Å². The van der Waals surface area contributed by atoms with Gasteiger partial charge >= 0.3 is 12.1 Å². The monoisotopic (exact) mass is 302 g/mol. The SMILES string of the molecule is O=C(NCC1(C(=O)O)CCC1)c1ccc(C(F)(F)F)nc1. The molecule has 2 rings (SSSR count). The molecular weight excluding hydrogens is 289 g/mol. The number of carboxylic acid groups (broad SMARTS) is 1. The van der Waals surface area contributed by atoms with Crippen molar-refractivity contribution in [2.45, 2.75) is 25.4 Å². The molecule has 1 aromatic rings. The lowest BCUT2D eigenvalue weighted by molar-refractivity contribution is -0.153. The first-order valence-electron chi connectivity index (χ1n) is 6.29. The third kappa shape index (κ3) is 3.14. The summed E-state index contributed by atoms with van der Waals surface area (Å²) in [5.74, 6) is -1.61. The molecule has 0 unspecified atom stereocenters. The summed E-state index contributed by atoms with van der Waals surface area (Å²) in [6, 6.07) is 1.73. The number of halogens is 3. The van der Waals surface area contributed by atoms with Crippen LogP contribution in [0.4, 0.5) is 13.2 Å². The van der Waals surface area contributed by atoms with Crippen molar-refractivity contribution in [2.24, 2.45) is 5.41 Å². The topological polar surface area (TPSA) is 79.3 Å². The summed E-state index contributed by atoms with van der Waals surface area (Å²) in [4.78, 5) is 26.1.